The Labute approximate surface area is 108 Å². The molecule has 0 fully saturated rings. The fourth-order valence-electron chi connectivity index (χ4n) is 2.02. The summed E-state index contributed by atoms with van der Waals surface area (Å²) in [6.45, 7) is 2.13. The van der Waals surface area contributed by atoms with Gasteiger partial charge in [-0.15, -0.1) is 35.0 Å². The summed E-state index contributed by atoms with van der Waals surface area (Å²) < 4.78 is 0. The number of aromatic nitrogens is 1. The third kappa shape index (κ3) is 1.64. The van der Waals surface area contributed by atoms with E-state index in [1.165, 1.54) is 16.3 Å². The maximum atomic E-state index is 4.42. The van der Waals surface area contributed by atoms with Crippen molar-refractivity contribution in [3.8, 4) is 0 Å². The van der Waals surface area contributed by atoms with E-state index in [0.29, 0.717) is 0 Å². The molecule has 0 N–H and O–H groups in total. The van der Waals surface area contributed by atoms with Crippen molar-refractivity contribution in [2.24, 2.45) is 0 Å². The van der Waals surface area contributed by atoms with Gasteiger partial charge in [-0.05, 0) is 23.9 Å². The van der Waals surface area contributed by atoms with E-state index < -0.39 is 0 Å². The minimum atomic E-state index is 0. The summed E-state index contributed by atoms with van der Waals surface area (Å²) in [6.07, 6.45) is 1.83. The van der Waals surface area contributed by atoms with E-state index in [4.69, 9.17) is 0 Å². The van der Waals surface area contributed by atoms with Crippen molar-refractivity contribution >= 4 is 21.7 Å². The van der Waals surface area contributed by atoms with Crippen LogP contribution in [0.25, 0.3) is 21.7 Å². The van der Waals surface area contributed by atoms with Crippen molar-refractivity contribution in [1.82, 2.24) is 4.98 Å². The first-order valence-corrected chi connectivity index (χ1v) is 5.01. The Balaban J connectivity index is 0.000000963. The van der Waals surface area contributed by atoms with Crippen LogP contribution in [0.15, 0.2) is 42.6 Å². The molecule has 0 aliphatic carbocycles. The molecule has 0 spiro atoms. The number of fused-ring (bicyclic) bond motifs is 3. The quantitative estimate of drug-likeness (QED) is 0.427. The third-order valence-corrected chi connectivity index (χ3v) is 2.73. The van der Waals surface area contributed by atoms with Crippen LogP contribution in [0.3, 0.4) is 0 Å². The normalized spacial score (nSPS) is 10.3. The summed E-state index contributed by atoms with van der Waals surface area (Å²) in [5.41, 5.74) is 2.32. The smallest absolute Gasteiger partial charge is 0.0161 e. The van der Waals surface area contributed by atoms with E-state index in [1.54, 1.807) is 0 Å². The van der Waals surface area contributed by atoms with Gasteiger partial charge in [0.25, 0.3) is 0 Å². The molecule has 0 saturated carbocycles. The van der Waals surface area contributed by atoms with E-state index in [0.717, 1.165) is 10.9 Å². The summed E-state index contributed by atoms with van der Waals surface area (Å²) in [6, 6.07) is 15.6. The Kier molecular flexibility index (Phi) is 3.04. The van der Waals surface area contributed by atoms with Crippen molar-refractivity contribution in [1.29, 1.82) is 0 Å². The second-order valence-corrected chi connectivity index (χ2v) is 3.73. The van der Waals surface area contributed by atoms with Crippen molar-refractivity contribution in [3.63, 3.8) is 0 Å². The Hall–Kier alpha value is -1.24. The summed E-state index contributed by atoms with van der Waals surface area (Å²) in [5, 5.41) is 3.54. The molecule has 81 valence electrons. The van der Waals surface area contributed by atoms with Crippen LogP contribution >= 0.6 is 0 Å². The van der Waals surface area contributed by atoms with Crippen LogP contribution in [0.4, 0.5) is 0 Å². The molecule has 0 unspecified atom stereocenters. The van der Waals surface area contributed by atoms with Gasteiger partial charge in [0.15, 0.2) is 0 Å². The molecule has 0 saturated heterocycles. The molecule has 1 heterocycles. The Morgan fingerprint density at radius 1 is 1.19 bits per heavy atom. The fourth-order valence-corrected chi connectivity index (χ4v) is 2.02. The van der Waals surface area contributed by atoms with Gasteiger partial charge >= 0.3 is 0 Å². The van der Waals surface area contributed by atoms with Gasteiger partial charge in [-0.3, -0.25) is 0 Å². The fraction of sp³-hybridized carbons (Fsp3) is 0.0714. The molecular formula is C14H10IrN-. The third-order valence-electron chi connectivity index (χ3n) is 2.73. The molecule has 16 heavy (non-hydrogen) atoms. The first-order chi connectivity index (χ1) is 7.36. The standard InChI is InChI=1S/C14H10N.Ir/c1-10-9-11-5-4-8-15-14(11)13-7-3-2-6-12(10)13;/h2-6,8-9H,1H3;/q-1;. The molecule has 0 aliphatic rings. The van der Waals surface area contributed by atoms with Gasteiger partial charge in [-0.25, -0.2) is 0 Å². The van der Waals surface area contributed by atoms with E-state index in [1.807, 2.05) is 24.4 Å². The average molecular weight is 384 g/mol. The number of pyridine rings is 1. The summed E-state index contributed by atoms with van der Waals surface area (Å²) in [5.74, 6) is 0. The van der Waals surface area contributed by atoms with Crippen LogP contribution in [-0.2, 0) is 20.1 Å². The number of hydrogen-bond acceptors (Lipinski definition) is 1. The number of rotatable bonds is 0. The molecule has 3 aromatic rings. The molecular weight excluding hydrogens is 374 g/mol. The van der Waals surface area contributed by atoms with Crippen LogP contribution in [0, 0.1) is 13.0 Å². The van der Waals surface area contributed by atoms with Crippen LogP contribution in [-0.4, -0.2) is 4.98 Å². The molecule has 1 aromatic heterocycles. The van der Waals surface area contributed by atoms with E-state index in [2.05, 4.69) is 36.2 Å². The number of benzene rings is 2. The Morgan fingerprint density at radius 2 is 2.06 bits per heavy atom. The second kappa shape index (κ2) is 4.32. The van der Waals surface area contributed by atoms with Crippen LogP contribution in [0.2, 0.25) is 0 Å². The Bertz CT molecular complexity index is 646. The second-order valence-electron chi connectivity index (χ2n) is 3.73. The van der Waals surface area contributed by atoms with Crippen molar-refractivity contribution in [2.75, 3.05) is 0 Å². The van der Waals surface area contributed by atoms with Crippen molar-refractivity contribution in [3.05, 3.63) is 54.2 Å². The summed E-state index contributed by atoms with van der Waals surface area (Å²) in [4.78, 5) is 4.42. The minimum Gasteiger partial charge on any atom is -0.304 e. The zero-order chi connectivity index (χ0) is 10.3. The van der Waals surface area contributed by atoms with Crippen molar-refractivity contribution in [2.45, 2.75) is 6.92 Å². The molecule has 1 radical (unpaired) electrons. The average Bonchev–Trinajstić information content (AvgIpc) is 2.30. The van der Waals surface area contributed by atoms with E-state index in [-0.39, 0.29) is 20.1 Å². The Morgan fingerprint density at radius 3 is 2.94 bits per heavy atom. The topological polar surface area (TPSA) is 12.9 Å². The maximum absolute atomic E-state index is 4.42. The number of hydrogen-bond donors (Lipinski definition) is 0. The summed E-state index contributed by atoms with van der Waals surface area (Å²) >= 11 is 0. The van der Waals surface area contributed by atoms with Gasteiger partial charge in [0.05, 0.1) is 0 Å². The van der Waals surface area contributed by atoms with Crippen LogP contribution < -0.4 is 0 Å². The summed E-state index contributed by atoms with van der Waals surface area (Å²) in [7, 11) is 0. The molecule has 0 atom stereocenters. The zero-order valence-electron chi connectivity index (χ0n) is 8.82. The van der Waals surface area contributed by atoms with Gasteiger partial charge in [0.2, 0.25) is 0 Å². The zero-order valence-corrected chi connectivity index (χ0v) is 11.2. The van der Waals surface area contributed by atoms with Crippen LogP contribution in [0.1, 0.15) is 5.56 Å². The first-order valence-electron chi connectivity index (χ1n) is 5.01. The van der Waals surface area contributed by atoms with Gasteiger partial charge in [-0.2, -0.15) is 0 Å². The molecule has 2 aromatic carbocycles. The molecule has 1 nitrogen and oxygen atoms in total. The molecule has 0 amide bonds. The molecule has 3 rings (SSSR count). The van der Waals surface area contributed by atoms with Gasteiger partial charge in [0, 0.05) is 26.3 Å². The predicted octanol–water partition coefficient (Wildman–Crippen LogP) is 3.49. The molecule has 0 bridgehead atoms. The molecule has 2 heteroatoms. The number of aryl methyl sites for hydroxylation is 1. The van der Waals surface area contributed by atoms with E-state index in [9.17, 15) is 0 Å². The maximum Gasteiger partial charge on any atom is 0.0161 e. The van der Waals surface area contributed by atoms with Gasteiger partial charge in [0.1, 0.15) is 0 Å². The molecule has 0 aliphatic heterocycles. The predicted molar refractivity (Wildman–Crippen MR) is 62.8 cm³/mol. The van der Waals surface area contributed by atoms with Crippen molar-refractivity contribution < 1.29 is 20.1 Å². The SMILES string of the molecule is Cc1cc2cccnc2c2[c-]cccc12.[Ir]. The van der Waals surface area contributed by atoms with Crippen LogP contribution in [0.5, 0.6) is 0 Å². The van der Waals surface area contributed by atoms with E-state index >= 15 is 0 Å². The first kappa shape index (κ1) is 11.3. The monoisotopic (exact) mass is 385 g/mol. The largest absolute Gasteiger partial charge is 0.304 e. The van der Waals surface area contributed by atoms with Gasteiger partial charge < -0.3 is 4.98 Å². The van der Waals surface area contributed by atoms with Gasteiger partial charge in [-0.1, -0.05) is 17.7 Å². The number of nitrogens with zero attached hydrogens (tertiary/aromatic N) is 1. The minimum absolute atomic E-state index is 0.